The van der Waals surface area contributed by atoms with Crippen LogP contribution in [0, 0.1) is 0 Å². The Morgan fingerprint density at radius 3 is 2.12 bits per heavy atom. The van der Waals surface area contributed by atoms with Gasteiger partial charge < -0.3 is 20.3 Å². The predicted octanol–water partition coefficient (Wildman–Crippen LogP) is 3.60. The van der Waals surface area contributed by atoms with E-state index in [1.54, 1.807) is 37.8 Å². The summed E-state index contributed by atoms with van der Waals surface area (Å²) in [5.74, 6) is -0.693. The first-order valence-electron chi connectivity index (χ1n) is 10.8. The van der Waals surface area contributed by atoms with Gasteiger partial charge in [-0.25, -0.2) is 9.59 Å². The first kappa shape index (κ1) is 23.6. The van der Waals surface area contributed by atoms with Gasteiger partial charge in [0.15, 0.2) is 0 Å². The van der Waals surface area contributed by atoms with Gasteiger partial charge in [0.05, 0.1) is 11.1 Å². The number of hydrogen-bond donors (Lipinski definition) is 2. The number of ether oxygens (including phenoxy) is 1. The first-order chi connectivity index (χ1) is 14.8. The van der Waals surface area contributed by atoms with Crippen LogP contribution in [0.15, 0.2) is 18.2 Å². The number of fused-ring (bicyclic) bond motifs is 1. The average Bonchev–Trinajstić information content (AvgIpc) is 2.91. The second kappa shape index (κ2) is 8.44. The number of benzene rings is 1. The van der Waals surface area contributed by atoms with Crippen molar-refractivity contribution >= 4 is 29.6 Å². The molecule has 3 rings (SSSR count). The van der Waals surface area contributed by atoms with Crippen molar-refractivity contribution in [3.8, 4) is 0 Å². The highest BCUT2D eigenvalue weighted by atomic mass is 16.6. The highest BCUT2D eigenvalue weighted by Crippen LogP contribution is 2.31. The Labute approximate surface area is 188 Å². The van der Waals surface area contributed by atoms with Crippen molar-refractivity contribution in [2.75, 3.05) is 18.4 Å². The molecule has 32 heavy (non-hydrogen) atoms. The molecule has 0 aromatic heterocycles. The molecule has 2 aliphatic heterocycles. The normalized spacial score (nSPS) is 17.3. The van der Waals surface area contributed by atoms with E-state index in [1.807, 2.05) is 20.8 Å². The number of likely N-dealkylation sites (tertiary alicyclic amines) is 1. The molecule has 0 unspecified atom stereocenters. The summed E-state index contributed by atoms with van der Waals surface area (Å²) in [6.45, 7) is 11.9. The van der Waals surface area contributed by atoms with Crippen LogP contribution < -0.4 is 10.6 Å². The topological polar surface area (TPSA) is 108 Å². The zero-order chi connectivity index (χ0) is 23.8. The average molecular weight is 445 g/mol. The van der Waals surface area contributed by atoms with Gasteiger partial charge in [-0.3, -0.25) is 14.5 Å². The van der Waals surface area contributed by atoms with E-state index in [0.717, 1.165) is 0 Å². The third-order valence-corrected chi connectivity index (χ3v) is 5.30. The van der Waals surface area contributed by atoms with E-state index in [0.29, 0.717) is 37.2 Å². The third kappa shape index (κ3) is 5.20. The quantitative estimate of drug-likeness (QED) is 0.678. The van der Waals surface area contributed by atoms with Crippen molar-refractivity contribution in [3.63, 3.8) is 0 Å². The standard InChI is InChI=1S/C23H32N4O5/c1-22(2,3)27-18(28)16-8-7-15(13-17(16)19(27)29)25-20(30)24-14-9-11-26(12-10-14)21(31)32-23(4,5)6/h7-8,13-14H,9-12H2,1-6H3,(H2,24,25,30). The van der Waals surface area contributed by atoms with Crippen molar-refractivity contribution < 1.29 is 23.9 Å². The number of piperidine rings is 1. The molecule has 2 aliphatic rings. The van der Waals surface area contributed by atoms with Crippen LogP contribution in [0.3, 0.4) is 0 Å². The van der Waals surface area contributed by atoms with Crippen LogP contribution in [-0.2, 0) is 4.74 Å². The van der Waals surface area contributed by atoms with Gasteiger partial charge in [0, 0.05) is 30.4 Å². The number of carbonyl (C=O) groups excluding carboxylic acids is 4. The minimum atomic E-state index is -0.633. The number of hydrogen-bond acceptors (Lipinski definition) is 5. The van der Waals surface area contributed by atoms with Gasteiger partial charge in [0.2, 0.25) is 0 Å². The molecule has 0 atom stereocenters. The Hall–Kier alpha value is -3.10. The second-order valence-corrected chi connectivity index (χ2v) is 10.2. The number of nitrogens with one attached hydrogen (secondary N) is 2. The monoisotopic (exact) mass is 444 g/mol. The second-order valence-electron chi connectivity index (χ2n) is 10.2. The van der Waals surface area contributed by atoms with Crippen LogP contribution in [0.5, 0.6) is 0 Å². The molecule has 0 bridgehead atoms. The SMILES string of the molecule is CC(C)(C)OC(=O)N1CCC(NC(=O)Nc2ccc3c(c2)C(=O)N(C(C)(C)C)C3=O)CC1. The fourth-order valence-corrected chi connectivity index (χ4v) is 3.81. The van der Waals surface area contributed by atoms with Crippen LogP contribution in [-0.4, -0.2) is 64.0 Å². The van der Waals surface area contributed by atoms with Gasteiger partial charge in [-0.2, -0.15) is 0 Å². The van der Waals surface area contributed by atoms with E-state index >= 15 is 0 Å². The Morgan fingerprint density at radius 1 is 0.969 bits per heavy atom. The summed E-state index contributed by atoms with van der Waals surface area (Å²) in [5, 5.41) is 5.64. The predicted molar refractivity (Wildman–Crippen MR) is 120 cm³/mol. The fraction of sp³-hybridized carbons (Fsp3) is 0.565. The maximum atomic E-state index is 12.7. The van der Waals surface area contributed by atoms with Crippen LogP contribution in [0.1, 0.15) is 75.1 Å². The Bertz CT molecular complexity index is 937. The Kier molecular flexibility index (Phi) is 6.22. The lowest BCUT2D eigenvalue weighted by atomic mass is 10.1. The molecule has 2 heterocycles. The van der Waals surface area contributed by atoms with Crippen molar-refractivity contribution in [1.82, 2.24) is 15.1 Å². The summed E-state index contributed by atoms with van der Waals surface area (Å²) >= 11 is 0. The molecule has 0 saturated carbocycles. The van der Waals surface area contributed by atoms with Crippen LogP contribution in [0.2, 0.25) is 0 Å². The molecule has 9 nitrogen and oxygen atoms in total. The molecule has 1 aromatic rings. The molecule has 1 aromatic carbocycles. The van der Waals surface area contributed by atoms with E-state index < -0.39 is 17.2 Å². The van der Waals surface area contributed by atoms with Crippen LogP contribution >= 0.6 is 0 Å². The lowest BCUT2D eigenvalue weighted by molar-refractivity contribution is 0.0201. The number of carbonyl (C=O) groups is 4. The Balaban J connectivity index is 1.55. The maximum absolute atomic E-state index is 12.7. The number of anilines is 1. The van der Waals surface area contributed by atoms with Crippen molar-refractivity contribution in [1.29, 1.82) is 0 Å². The van der Waals surface area contributed by atoms with Crippen molar-refractivity contribution in [2.24, 2.45) is 0 Å². The summed E-state index contributed by atoms with van der Waals surface area (Å²) in [6.07, 6.45) is 0.886. The molecule has 1 fully saturated rings. The number of urea groups is 1. The lowest BCUT2D eigenvalue weighted by Crippen LogP contribution is -2.48. The zero-order valence-electron chi connectivity index (χ0n) is 19.6. The van der Waals surface area contributed by atoms with E-state index in [-0.39, 0.29) is 29.5 Å². The molecule has 0 aliphatic carbocycles. The summed E-state index contributed by atoms with van der Waals surface area (Å²) in [5.41, 5.74) is -0.118. The summed E-state index contributed by atoms with van der Waals surface area (Å²) in [7, 11) is 0. The molecule has 1 saturated heterocycles. The van der Waals surface area contributed by atoms with E-state index in [2.05, 4.69) is 10.6 Å². The smallest absolute Gasteiger partial charge is 0.410 e. The highest BCUT2D eigenvalue weighted by molar-refractivity contribution is 6.22. The molecular formula is C23H32N4O5. The van der Waals surface area contributed by atoms with E-state index in [1.165, 1.54) is 11.0 Å². The first-order valence-corrected chi connectivity index (χ1v) is 10.8. The fourth-order valence-electron chi connectivity index (χ4n) is 3.81. The molecule has 5 amide bonds. The summed E-state index contributed by atoms with van der Waals surface area (Å²) < 4.78 is 5.39. The molecule has 0 spiro atoms. The van der Waals surface area contributed by atoms with Gasteiger partial charge in [0.1, 0.15) is 5.60 Å². The molecular weight excluding hydrogens is 412 g/mol. The van der Waals surface area contributed by atoms with Gasteiger partial charge in [-0.15, -0.1) is 0 Å². The van der Waals surface area contributed by atoms with Gasteiger partial charge in [-0.1, -0.05) is 0 Å². The van der Waals surface area contributed by atoms with Gasteiger partial charge in [0.25, 0.3) is 11.8 Å². The van der Waals surface area contributed by atoms with Gasteiger partial charge in [-0.05, 0) is 72.6 Å². The van der Waals surface area contributed by atoms with E-state index in [9.17, 15) is 19.2 Å². The molecule has 2 N–H and O–H groups in total. The molecule has 9 heteroatoms. The summed E-state index contributed by atoms with van der Waals surface area (Å²) in [4.78, 5) is 52.8. The van der Waals surface area contributed by atoms with Crippen molar-refractivity contribution in [3.05, 3.63) is 29.3 Å². The third-order valence-electron chi connectivity index (χ3n) is 5.30. The van der Waals surface area contributed by atoms with E-state index in [4.69, 9.17) is 4.74 Å². The van der Waals surface area contributed by atoms with Crippen LogP contribution in [0.4, 0.5) is 15.3 Å². The molecule has 0 radical (unpaired) electrons. The highest BCUT2D eigenvalue weighted by Gasteiger charge is 2.42. The number of rotatable bonds is 2. The number of amides is 5. The minimum Gasteiger partial charge on any atom is -0.444 e. The van der Waals surface area contributed by atoms with Crippen molar-refractivity contribution in [2.45, 2.75) is 71.6 Å². The Morgan fingerprint density at radius 2 is 1.56 bits per heavy atom. The van der Waals surface area contributed by atoms with Crippen LogP contribution in [0.25, 0.3) is 0 Å². The summed E-state index contributed by atoms with van der Waals surface area (Å²) in [6, 6.07) is 4.23. The lowest BCUT2D eigenvalue weighted by Gasteiger charge is -2.33. The number of nitrogens with zero attached hydrogens (tertiary/aromatic N) is 2. The zero-order valence-corrected chi connectivity index (χ0v) is 19.6. The maximum Gasteiger partial charge on any atom is 0.410 e. The molecule has 174 valence electrons. The minimum absolute atomic E-state index is 0.0808. The van der Waals surface area contributed by atoms with Gasteiger partial charge >= 0.3 is 12.1 Å². The number of imide groups is 1. The largest absolute Gasteiger partial charge is 0.444 e.